The molecular weight excluding hydrogens is 456 g/mol. The zero-order valence-electron chi connectivity index (χ0n) is 20.4. The number of nitrogens with one attached hydrogen (secondary N) is 1. The Labute approximate surface area is 202 Å². The summed E-state index contributed by atoms with van der Waals surface area (Å²) < 4.78 is 37.8. The van der Waals surface area contributed by atoms with Crippen molar-refractivity contribution in [2.24, 2.45) is 5.92 Å². The van der Waals surface area contributed by atoms with Crippen molar-refractivity contribution in [1.82, 2.24) is 14.8 Å². The number of methoxy groups -OCH3 is 1. The molecule has 1 aliphatic rings. The number of rotatable bonds is 5. The molecule has 0 fully saturated rings. The SMILES string of the molecule is CO[C@H]1CN(C)C(=O)c2ccc(NS(C)(=O)=O)cc2OC[C@@H](C)N(Cc2ccccn2)C[C@@H]1C. The molecule has 0 bridgehead atoms. The van der Waals surface area contributed by atoms with Crippen molar-refractivity contribution in [2.75, 3.05) is 44.8 Å². The van der Waals surface area contributed by atoms with Crippen LogP contribution in [0.5, 0.6) is 5.75 Å². The van der Waals surface area contributed by atoms with Crippen LogP contribution in [0.1, 0.15) is 29.9 Å². The molecule has 1 N–H and O–H groups in total. The number of aromatic nitrogens is 1. The Kier molecular flexibility index (Phi) is 8.51. The lowest BCUT2D eigenvalue weighted by molar-refractivity contribution is 0.00901. The first kappa shape index (κ1) is 25.9. The van der Waals surface area contributed by atoms with Gasteiger partial charge in [0.25, 0.3) is 5.91 Å². The van der Waals surface area contributed by atoms with Gasteiger partial charge in [0, 0.05) is 52.1 Å². The van der Waals surface area contributed by atoms with E-state index in [1.165, 1.54) is 0 Å². The second kappa shape index (κ2) is 11.2. The summed E-state index contributed by atoms with van der Waals surface area (Å²) in [6.07, 6.45) is 2.69. The van der Waals surface area contributed by atoms with Crippen LogP contribution in [0.25, 0.3) is 0 Å². The van der Waals surface area contributed by atoms with E-state index in [1.54, 1.807) is 43.5 Å². The van der Waals surface area contributed by atoms with E-state index in [4.69, 9.17) is 9.47 Å². The van der Waals surface area contributed by atoms with Gasteiger partial charge in [-0.05, 0) is 37.1 Å². The molecule has 1 aromatic carbocycles. The first-order chi connectivity index (χ1) is 16.1. The maximum atomic E-state index is 13.2. The number of hydrogen-bond donors (Lipinski definition) is 1. The van der Waals surface area contributed by atoms with E-state index >= 15 is 0 Å². The molecule has 1 aliphatic heterocycles. The van der Waals surface area contributed by atoms with E-state index in [2.05, 4.69) is 28.5 Å². The molecule has 0 saturated heterocycles. The summed E-state index contributed by atoms with van der Waals surface area (Å²) in [7, 11) is -0.0771. The minimum absolute atomic E-state index is 0.00593. The molecule has 0 unspecified atom stereocenters. The summed E-state index contributed by atoms with van der Waals surface area (Å²) in [6, 6.07) is 10.6. The van der Waals surface area contributed by atoms with E-state index in [0.717, 1.165) is 18.5 Å². The van der Waals surface area contributed by atoms with Crippen molar-refractivity contribution >= 4 is 21.6 Å². The first-order valence-corrected chi connectivity index (χ1v) is 13.1. The minimum Gasteiger partial charge on any atom is -0.491 e. The highest BCUT2D eigenvalue weighted by molar-refractivity contribution is 7.92. The van der Waals surface area contributed by atoms with Crippen LogP contribution < -0.4 is 9.46 Å². The van der Waals surface area contributed by atoms with E-state index in [1.807, 2.05) is 18.2 Å². The fraction of sp³-hybridized carbons (Fsp3) is 0.500. The summed E-state index contributed by atoms with van der Waals surface area (Å²) in [4.78, 5) is 21.6. The molecule has 0 aliphatic carbocycles. The molecule has 3 rings (SSSR count). The standard InChI is InChI=1S/C24H34N4O5S/c1-17-13-28(14-20-8-6-7-11-25-20)18(2)16-33-22-12-19(26-34(5,30)31)9-10-21(22)24(29)27(3)15-23(17)32-4/h6-12,17-18,23,26H,13-16H2,1-5H3/t17-,18+,23-/m0/s1. The number of carbonyl (C=O) groups is 1. The van der Waals surface area contributed by atoms with Crippen molar-refractivity contribution in [1.29, 1.82) is 0 Å². The van der Waals surface area contributed by atoms with Crippen LogP contribution in [0.15, 0.2) is 42.6 Å². The van der Waals surface area contributed by atoms with Crippen molar-refractivity contribution in [3.8, 4) is 5.75 Å². The summed E-state index contributed by atoms with van der Waals surface area (Å²) in [5.74, 6) is 0.262. The highest BCUT2D eigenvalue weighted by Crippen LogP contribution is 2.27. The lowest BCUT2D eigenvalue weighted by atomic mass is 10.0. The van der Waals surface area contributed by atoms with Gasteiger partial charge >= 0.3 is 0 Å². The summed E-state index contributed by atoms with van der Waals surface area (Å²) >= 11 is 0. The summed E-state index contributed by atoms with van der Waals surface area (Å²) in [6.45, 7) is 6.27. The third kappa shape index (κ3) is 6.91. The number of fused-ring (bicyclic) bond motifs is 1. The monoisotopic (exact) mass is 490 g/mol. The normalized spacial score (nSPS) is 22.8. The van der Waals surface area contributed by atoms with Crippen molar-refractivity contribution in [2.45, 2.75) is 32.5 Å². The maximum absolute atomic E-state index is 13.2. The Balaban J connectivity index is 1.96. The van der Waals surface area contributed by atoms with Gasteiger partial charge in [0.05, 0.1) is 29.3 Å². The third-order valence-corrected chi connectivity index (χ3v) is 6.58. The fourth-order valence-electron chi connectivity index (χ4n) is 4.04. The van der Waals surface area contributed by atoms with Crippen molar-refractivity contribution in [3.63, 3.8) is 0 Å². The highest BCUT2D eigenvalue weighted by Gasteiger charge is 2.28. The Bertz CT molecular complexity index is 1080. The molecule has 2 heterocycles. The molecule has 0 radical (unpaired) electrons. The zero-order valence-corrected chi connectivity index (χ0v) is 21.2. The topological polar surface area (TPSA) is 101 Å². The van der Waals surface area contributed by atoms with Gasteiger partial charge in [0.1, 0.15) is 12.4 Å². The largest absolute Gasteiger partial charge is 0.491 e. The lowest BCUT2D eigenvalue weighted by Crippen LogP contribution is -2.46. The Morgan fingerprint density at radius 1 is 1.21 bits per heavy atom. The van der Waals surface area contributed by atoms with Crippen molar-refractivity contribution in [3.05, 3.63) is 53.9 Å². The number of carbonyl (C=O) groups excluding carboxylic acids is 1. The Morgan fingerprint density at radius 2 is 1.97 bits per heavy atom. The number of amides is 1. The van der Waals surface area contributed by atoms with Crippen LogP contribution in [-0.4, -0.2) is 81.4 Å². The van der Waals surface area contributed by atoms with Crippen LogP contribution in [0.3, 0.4) is 0 Å². The number of nitrogens with zero attached hydrogens (tertiary/aromatic N) is 3. The summed E-state index contributed by atoms with van der Waals surface area (Å²) in [5, 5.41) is 0. The van der Waals surface area contributed by atoms with Crippen LogP contribution >= 0.6 is 0 Å². The van der Waals surface area contributed by atoms with Crippen LogP contribution in [-0.2, 0) is 21.3 Å². The molecule has 3 atom stereocenters. The quantitative estimate of drug-likeness (QED) is 0.687. The van der Waals surface area contributed by atoms with Crippen LogP contribution in [0.2, 0.25) is 0 Å². The predicted octanol–water partition coefficient (Wildman–Crippen LogP) is 2.46. The van der Waals surface area contributed by atoms with Gasteiger partial charge in [-0.3, -0.25) is 19.4 Å². The lowest BCUT2D eigenvalue weighted by Gasteiger charge is -2.35. The molecule has 186 valence electrons. The molecule has 9 nitrogen and oxygen atoms in total. The van der Waals surface area contributed by atoms with E-state index in [-0.39, 0.29) is 24.0 Å². The van der Waals surface area contributed by atoms with Gasteiger partial charge in [-0.15, -0.1) is 0 Å². The second-order valence-electron chi connectivity index (χ2n) is 8.93. The predicted molar refractivity (Wildman–Crippen MR) is 131 cm³/mol. The average Bonchev–Trinajstić information content (AvgIpc) is 2.79. The molecule has 1 aromatic heterocycles. The van der Waals surface area contributed by atoms with Gasteiger partial charge in [-0.2, -0.15) is 0 Å². The van der Waals surface area contributed by atoms with Gasteiger partial charge in [0.15, 0.2) is 0 Å². The van der Waals surface area contributed by atoms with Crippen molar-refractivity contribution < 1.29 is 22.7 Å². The first-order valence-electron chi connectivity index (χ1n) is 11.2. The molecule has 0 spiro atoms. The van der Waals surface area contributed by atoms with Gasteiger partial charge in [-0.1, -0.05) is 13.0 Å². The number of likely N-dealkylation sites (N-methyl/N-ethyl adjacent to an activating group) is 1. The minimum atomic E-state index is -3.47. The highest BCUT2D eigenvalue weighted by atomic mass is 32.2. The molecule has 0 saturated carbocycles. The maximum Gasteiger partial charge on any atom is 0.257 e. The smallest absolute Gasteiger partial charge is 0.257 e. The summed E-state index contributed by atoms with van der Waals surface area (Å²) in [5.41, 5.74) is 1.66. The molecular formula is C24H34N4O5S. The third-order valence-electron chi connectivity index (χ3n) is 5.97. The molecule has 10 heteroatoms. The second-order valence-corrected chi connectivity index (χ2v) is 10.7. The number of benzene rings is 1. The zero-order chi connectivity index (χ0) is 24.9. The molecule has 2 aromatic rings. The number of hydrogen-bond acceptors (Lipinski definition) is 7. The number of sulfonamides is 1. The average molecular weight is 491 g/mol. The molecule has 34 heavy (non-hydrogen) atoms. The van der Waals surface area contributed by atoms with Gasteiger partial charge in [0.2, 0.25) is 10.0 Å². The van der Waals surface area contributed by atoms with Gasteiger partial charge in [-0.25, -0.2) is 8.42 Å². The van der Waals surface area contributed by atoms with E-state index < -0.39 is 10.0 Å². The van der Waals surface area contributed by atoms with Gasteiger partial charge < -0.3 is 14.4 Å². The number of anilines is 1. The Hall–Kier alpha value is -2.69. The van der Waals surface area contributed by atoms with Crippen LogP contribution in [0, 0.1) is 5.92 Å². The number of pyridine rings is 1. The van der Waals surface area contributed by atoms with E-state index in [9.17, 15) is 13.2 Å². The molecule has 1 amide bonds. The Morgan fingerprint density at radius 3 is 2.62 bits per heavy atom. The number of ether oxygens (including phenoxy) is 2. The fourth-order valence-corrected chi connectivity index (χ4v) is 4.60. The van der Waals surface area contributed by atoms with Crippen LogP contribution in [0.4, 0.5) is 5.69 Å². The van der Waals surface area contributed by atoms with E-state index in [0.29, 0.717) is 36.7 Å².